The van der Waals surface area contributed by atoms with Crippen molar-refractivity contribution < 1.29 is 12.8 Å². The summed E-state index contributed by atoms with van der Waals surface area (Å²) in [5, 5.41) is 3.86. The van der Waals surface area contributed by atoms with Gasteiger partial charge in [-0.15, -0.1) is 0 Å². The second kappa shape index (κ2) is 11.0. The van der Waals surface area contributed by atoms with Crippen molar-refractivity contribution >= 4 is 27.2 Å². The second-order valence-corrected chi connectivity index (χ2v) is 10.8. The van der Waals surface area contributed by atoms with Gasteiger partial charge in [-0.2, -0.15) is 0 Å². The Bertz CT molecular complexity index is 1170. The van der Waals surface area contributed by atoms with E-state index in [4.69, 9.17) is 16.6 Å². The highest BCUT2D eigenvalue weighted by molar-refractivity contribution is 7.90. The topological polar surface area (TPSA) is 80.4 Å². The maximum Gasteiger partial charge on any atom is 0.228 e. The molecule has 33 heavy (non-hydrogen) atoms. The number of aromatic nitrogens is 2. The van der Waals surface area contributed by atoms with Gasteiger partial charge in [-0.3, -0.25) is 0 Å². The van der Waals surface area contributed by atoms with E-state index in [1.807, 2.05) is 59.7 Å². The summed E-state index contributed by atoms with van der Waals surface area (Å²) < 4.78 is 34.0. The Morgan fingerprint density at radius 1 is 1.24 bits per heavy atom. The lowest BCUT2D eigenvalue weighted by molar-refractivity contribution is 0.337. The number of nitrogens with one attached hydrogen (secondary N) is 1. The van der Waals surface area contributed by atoms with E-state index < -0.39 is 9.84 Å². The summed E-state index contributed by atoms with van der Waals surface area (Å²) in [5.74, 6) is 0.928. The molecule has 3 aromatic rings. The molecule has 0 aliphatic carbocycles. The first kappa shape index (κ1) is 25.0. The van der Waals surface area contributed by atoms with Gasteiger partial charge in [0.15, 0.2) is 5.11 Å². The van der Waals surface area contributed by atoms with Gasteiger partial charge in [0.2, 0.25) is 15.0 Å². The van der Waals surface area contributed by atoms with Gasteiger partial charge in [0.25, 0.3) is 0 Å². The number of aryl methyl sites for hydroxylation is 1. The molecule has 0 fully saturated rings. The van der Waals surface area contributed by atoms with E-state index in [9.17, 15) is 8.42 Å². The minimum atomic E-state index is -3.64. The van der Waals surface area contributed by atoms with Gasteiger partial charge in [-0.25, -0.2) is 13.4 Å². The summed E-state index contributed by atoms with van der Waals surface area (Å²) in [6.07, 6.45) is 3.28. The summed E-state index contributed by atoms with van der Waals surface area (Å²) in [5.41, 5.74) is 2.57. The third-order valence-corrected chi connectivity index (χ3v) is 7.06. The molecule has 2 heterocycles. The zero-order valence-electron chi connectivity index (χ0n) is 19.6. The van der Waals surface area contributed by atoms with Gasteiger partial charge >= 0.3 is 0 Å². The van der Waals surface area contributed by atoms with Crippen molar-refractivity contribution in [1.29, 1.82) is 0 Å². The van der Waals surface area contributed by atoms with E-state index in [1.165, 1.54) is 0 Å². The molecule has 0 aliphatic heterocycles. The van der Waals surface area contributed by atoms with E-state index in [0.29, 0.717) is 31.3 Å². The van der Waals surface area contributed by atoms with Crippen LogP contribution in [0.25, 0.3) is 0 Å². The minimum Gasteiger partial charge on any atom is -0.467 e. The fourth-order valence-corrected chi connectivity index (χ4v) is 5.42. The molecule has 7 nitrogen and oxygen atoms in total. The molecule has 0 aliphatic rings. The molecule has 1 N–H and O–H groups in total. The number of imidazole rings is 1. The van der Waals surface area contributed by atoms with Crippen LogP contribution < -0.4 is 5.32 Å². The quantitative estimate of drug-likeness (QED) is 0.426. The van der Waals surface area contributed by atoms with Crippen molar-refractivity contribution in [3.05, 3.63) is 71.4 Å². The largest absolute Gasteiger partial charge is 0.467 e. The third kappa shape index (κ3) is 6.68. The van der Waals surface area contributed by atoms with Crippen molar-refractivity contribution in [2.45, 2.75) is 58.2 Å². The van der Waals surface area contributed by atoms with Gasteiger partial charge in [0, 0.05) is 13.1 Å². The highest BCUT2D eigenvalue weighted by Gasteiger charge is 2.26. The molecule has 2 aromatic heterocycles. The highest BCUT2D eigenvalue weighted by atomic mass is 32.2. The predicted molar refractivity (Wildman–Crippen MR) is 133 cm³/mol. The van der Waals surface area contributed by atoms with E-state index in [1.54, 1.807) is 12.5 Å². The van der Waals surface area contributed by atoms with Crippen molar-refractivity contribution in [2.24, 2.45) is 5.92 Å². The van der Waals surface area contributed by atoms with Crippen LogP contribution in [0.1, 0.15) is 43.4 Å². The Morgan fingerprint density at radius 3 is 2.67 bits per heavy atom. The van der Waals surface area contributed by atoms with Gasteiger partial charge in [0.1, 0.15) is 5.76 Å². The number of hydrogen-bond acceptors (Lipinski definition) is 5. The van der Waals surface area contributed by atoms with Crippen molar-refractivity contribution in [3.8, 4) is 0 Å². The molecule has 0 bridgehead atoms. The van der Waals surface area contributed by atoms with E-state index in [0.717, 1.165) is 22.6 Å². The van der Waals surface area contributed by atoms with E-state index >= 15 is 0 Å². The average molecular weight is 489 g/mol. The van der Waals surface area contributed by atoms with Crippen LogP contribution in [0, 0.1) is 12.8 Å². The first-order chi connectivity index (χ1) is 15.7. The number of rotatable bonds is 10. The smallest absolute Gasteiger partial charge is 0.228 e. The zero-order valence-corrected chi connectivity index (χ0v) is 21.2. The van der Waals surface area contributed by atoms with Crippen LogP contribution in [0.3, 0.4) is 0 Å². The summed E-state index contributed by atoms with van der Waals surface area (Å²) in [7, 11) is -3.64. The Hall–Kier alpha value is -2.65. The molecule has 9 heteroatoms. The maximum absolute atomic E-state index is 13.4. The highest BCUT2D eigenvalue weighted by Crippen LogP contribution is 2.21. The van der Waals surface area contributed by atoms with Crippen LogP contribution in [0.2, 0.25) is 0 Å². The summed E-state index contributed by atoms with van der Waals surface area (Å²) in [4.78, 5) is 6.34. The maximum atomic E-state index is 13.4. The number of sulfone groups is 1. The SMILES string of the molecule is CCNC(=S)N(Cc1ccco1)Cc1cnc(S(=O)(=O)Cc2cccc(C)c2)n1CC(C)C. The molecule has 0 saturated carbocycles. The van der Waals surface area contributed by atoms with E-state index in [-0.39, 0.29) is 16.8 Å². The molecule has 1 aromatic carbocycles. The van der Waals surface area contributed by atoms with Gasteiger partial charge in [0.05, 0.1) is 37.0 Å². The average Bonchev–Trinajstić information content (AvgIpc) is 3.37. The molecule has 178 valence electrons. The van der Waals surface area contributed by atoms with Crippen LogP contribution >= 0.6 is 12.2 Å². The monoisotopic (exact) mass is 488 g/mol. The van der Waals surface area contributed by atoms with E-state index in [2.05, 4.69) is 24.1 Å². The normalized spacial score (nSPS) is 11.7. The molecule has 0 radical (unpaired) electrons. The zero-order chi connectivity index (χ0) is 24.0. The summed E-state index contributed by atoms with van der Waals surface area (Å²) >= 11 is 5.58. The number of furan rings is 1. The van der Waals surface area contributed by atoms with Crippen LogP contribution in [0.4, 0.5) is 0 Å². The van der Waals surface area contributed by atoms with Crippen LogP contribution in [-0.4, -0.2) is 34.5 Å². The number of hydrogen-bond donors (Lipinski definition) is 1. The lowest BCUT2D eigenvalue weighted by Crippen LogP contribution is -2.39. The summed E-state index contributed by atoms with van der Waals surface area (Å²) in [6.45, 7) is 10.2. The molecular weight excluding hydrogens is 456 g/mol. The Labute approximate surface area is 201 Å². The molecule has 0 amide bonds. The van der Waals surface area contributed by atoms with Crippen LogP contribution in [-0.2, 0) is 35.2 Å². The van der Waals surface area contributed by atoms with Crippen molar-refractivity contribution in [2.75, 3.05) is 6.54 Å². The lowest BCUT2D eigenvalue weighted by Gasteiger charge is -2.25. The Kier molecular flexibility index (Phi) is 8.31. The van der Waals surface area contributed by atoms with Crippen molar-refractivity contribution in [3.63, 3.8) is 0 Å². The van der Waals surface area contributed by atoms with Gasteiger partial charge in [-0.1, -0.05) is 43.7 Å². The molecule has 0 atom stereocenters. The van der Waals surface area contributed by atoms with Crippen molar-refractivity contribution in [1.82, 2.24) is 19.8 Å². The second-order valence-electron chi connectivity index (χ2n) is 8.56. The molecular formula is C24H32N4O3S2. The predicted octanol–water partition coefficient (Wildman–Crippen LogP) is 4.31. The number of benzene rings is 1. The van der Waals surface area contributed by atoms with Crippen LogP contribution in [0.15, 0.2) is 58.4 Å². The summed E-state index contributed by atoms with van der Waals surface area (Å²) in [6, 6.07) is 11.3. The molecule has 3 rings (SSSR count). The minimum absolute atomic E-state index is 0.0882. The Balaban J connectivity index is 1.93. The Morgan fingerprint density at radius 2 is 2.03 bits per heavy atom. The van der Waals surface area contributed by atoms with Gasteiger partial charge in [-0.05, 0) is 49.7 Å². The fraction of sp³-hybridized carbons (Fsp3) is 0.417. The standard InChI is InChI=1S/C24H32N4O3S2/c1-5-25-23(32)27(16-22-10-7-11-31-22)15-21-13-26-24(28(21)14-18(2)3)33(29,30)17-20-9-6-8-19(4)12-20/h6-13,18H,5,14-17H2,1-4H3,(H,25,32). The lowest BCUT2D eigenvalue weighted by atomic mass is 10.2. The molecule has 0 saturated heterocycles. The fourth-order valence-electron chi connectivity index (χ4n) is 3.66. The first-order valence-corrected chi connectivity index (χ1v) is 13.1. The first-order valence-electron chi connectivity index (χ1n) is 11.1. The number of thiocarbonyl (C=S) groups is 1. The third-order valence-electron chi connectivity index (χ3n) is 5.06. The van der Waals surface area contributed by atoms with Gasteiger partial charge < -0.3 is 19.2 Å². The molecule has 0 spiro atoms. The van der Waals surface area contributed by atoms with Crippen LogP contribution in [0.5, 0.6) is 0 Å². The molecule has 0 unspecified atom stereocenters. The number of nitrogens with zero attached hydrogens (tertiary/aromatic N) is 3.